The van der Waals surface area contributed by atoms with Crippen LogP contribution in [0.25, 0.3) is 5.57 Å². The lowest BCUT2D eigenvalue weighted by Crippen LogP contribution is -2.33. The van der Waals surface area contributed by atoms with Gasteiger partial charge in [-0.2, -0.15) is 0 Å². The molecule has 33 heavy (non-hydrogen) atoms. The minimum Gasteiger partial charge on any atom is -0.494 e. The van der Waals surface area contributed by atoms with Crippen LogP contribution in [0.2, 0.25) is 0 Å². The van der Waals surface area contributed by atoms with Gasteiger partial charge in [0.2, 0.25) is 0 Å². The van der Waals surface area contributed by atoms with Crippen LogP contribution in [0, 0.1) is 5.82 Å². The van der Waals surface area contributed by atoms with Crippen LogP contribution in [-0.2, 0) is 9.59 Å². The zero-order valence-corrected chi connectivity index (χ0v) is 18.6. The number of hydrogen-bond donors (Lipinski definition) is 1. The van der Waals surface area contributed by atoms with Crippen molar-refractivity contribution in [2.75, 3.05) is 35.8 Å². The number of amides is 2. The molecule has 3 aromatic carbocycles. The average Bonchev–Trinajstić information content (AvgIpc) is 3.05. The van der Waals surface area contributed by atoms with E-state index in [2.05, 4.69) is 5.32 Å². The predicted octanol–water partition coefficient (Wildman–Crippen LogP) is 4.69. The highest BCUT2D eigenvalue weighted by atomic mass is 19.1. The molecular weight excluding hydrogens is 421 g/mol. The number of hydrogen-bond acceptors (Lipinski definition) is 5. The van der Waals surface area contributed by atoms with Crippen LogP contribution in [0.1, 0.15) is 12.5 Å². The highest BCUT2D eigenvalue weighted by Crippen LogP contribution is 2.35. The van der Waals surface area contributed by atoms with Crippen molar-refractivity contribution in [3.8, 4) is 5.75 Å². The van der Waals surface area contributed by atoms with E-state index >= 15 is 0 Å². The van der Waals surface area contributed by atoms with Crippen molar-refractivity contribution in [2.45, 2.75) is 6.92 Å². The molecule has 0 atom stereocenters. The number of para-hydroxylation sites is 1. The number of imide groups is 1. The minimum atomic E-state index is -0.651. The normalized spacial score (nSPS) is 13.5. The summed E-state index contributed by atoms with van der Waals surface area (Å²) in [5.74, 6) is -1.22. The lowest BCUT2D eigenvalue weighted by atomic mass is 10.0. The molecule has 4 rings (SSSR count). The standard InChI is InChI=1S/C26H24FN3O3/c1-4-33-20-15-9-17(10-16-20)23-24(28-18-11-13-19(14-12-18)29(2)3)26(32)30(25(23)31)22-8-6-5-7-21(22)27/h5-16,28H,4H2,1-3H3. The van der Waals surface area contributed by atoms with Gasteiger partial charge >= 0.3 is 0 Å². The van der Waals surface area contributed by atoms with Crippen LogP contribution in [0.4, 0.5) is 21.5 Å². The van der Waals surface area contributed by atoms with E-state index < -0.39 is 17.6 Å². The van der Waals surface area contributed by atoms with Crippen molar-refractivity contribution in [3.63, 3.8) is 0 Å². The predicted molar refractivity (Wildman–Crippen MR) is 128 cm³/mol. The van der Waals surface area contributed by atoms with E-state index in [1.165, 1.54) is 18.2 Å². The van der Waals surface area contributed by atoms with Gasteiger partial charge in [-0.1, -0.05) is 24.3 Å². The fourth-order valence-corrected chi connectivity index (χ4v) is 3.64. The summed E-state index contributed by atoms with van der Waals surface area (Å²) in [4.78, 5) is 29.6. The van der Waals surface area contributed by atoms with Crippen molar-refractivity contribution >= 4 is 34.4 Å². The van der Waals surface area contributed by atoms with Gasteiger partial charge in [-0.05, 0) is 61.0 Å². The summed E-state index contributed by atoms with van der Waals surface area (Å²) in [7, 11) is 3.86. The molecule has 1 aliphatic heterocycles. The quantitative estimate of drug-likeness (QED) is 0.535. The van der Waals surface area contributed by atoms with E-state index in [9.17, 15) is 14.0 Å². The smallest absolute Gasteiger partial charge is 0.282 e. The van der Waals surface area contributed by atoms with Crippen molar-refractivity contribution in [1.82, 2.24) is 0 Å². The Morgan fingerprint density at radius 2 is 1.58 bits per heavy atom. The van der Waals surface area contributed by atoms with E-state index in [0.29, 0.717) is 23.6 Å². The van der Waals surface area contributed by atoms with Gasteiger partial charge in [-0.15, -0.1) is 0 Å². The molecule has 0 saturated heterocycles. The third-order valence-corrected chi connectivity index (χ3v) is 5.28. The molecule has 7 heteroatoms. The Morgan fingerprint density at radius 1 is 0.909 bits per heavy atom. The van der Waals surface area contributed by atoms with Crippen LogP contribution in [-0.4, -0.2) is 32.5 Å². The minimum absolute atomic E-state index is 0.0873. The van der Waals surface area contributed by atoms with Crippen molar-refractivity contribution in [2.24, 2.45) is 0 Å². The molecule has 0 bridgehead atoms. The molecule has 0 radical (unpaired) electrons. The molecular formula is C26H24FN3O3. The Morgan fingerprint density at radius 3 is 2.18 bits per heavy atom. The second kappa shape index (κ2) is 9.16. The van der Waals surface area contributed by atoms with Gasteiger partial charge < -0.3 is 15.0 Å². The summed E-state index contributed by atoms with van der Waals surface area (Å²) in [6.45, 7) is 2.39. The number of anilines is 3. The zero-order valence-electron chi connectivity index (χ0n) is 18.6. The molecule has 0 spiro atoms. The first-order chi connectivity index (χ1) is 15.9. The Balaban J connectivity index is 1.78. The molecule has 2 amide bonds. The largest absolute Gasteiger partial charge is 0.494 e. The average molecular weight is 445 g/mol. The Hall–Kier alpha value is -4.13. The Labute approximate surface area is 191 Å². The second-order valence-corrected chi connectivity index (χ2v) is 7.67. The van der Waals surface area contributed by atoms with E-state index in [0.717, 1.165) is 10.6 Å². The van der Waals surface area contributed by atoms with E-state index in [1.807, 2.05) is 50.2 Å². The molecule has 3 aromatic rings. The maximum atomic E-state index is 14.5. The number of carbonyl (C=O) groups excluding carboxylic acids is 2. The first-order valence-corrected chi connectivity index (χ1v) is 10.6. The first kappa shape index (κ1) is 22.1. The van der Waals surface area contributed by atoms with Gasteiger partial charge in [0, 0.05) is 25.5 Å². The van der Waals surface area contributed by atoms with E-state index in [4.69, 9.17) is 4.74 Å². The summed E-state index contributed by atoms with van der Waals surface area (Å²) >= 11 is 0. The lowest BCUT2D eigenvalue weighted by molar-refractivity contribution is -0.120. The summed E-state index contributed by atoms with van der Waals surface area (Å²) in [5, 5.41) is 3.09. The van der Waals surface area contributed by atoms with E-state index in [1.54, 1.807) is 30.3 Å². The van der Waals surface area contributed by atoms with Crippen LogP contribution < -0.4 is 19.9 Å². The van der Waals surface area contributed by atoms with Gasteiger partial charge in [0.15, 0.2) is 0 Å². The number of carbonyl (C=O) groups is 2. The number of rotatable bonds is 7. The van der Waals surface area contributed by atoms with Gasteiger partial charge in [0.1, 0.15) is 17.3 Å². The highest BCUT2D eigenvalue weighted by molar-refractivity contribution is 6.46. The molecule has 1 heterocycles. The molecule has 0 aromatic heterocycles. The van der Waals surface area contributed by atoms with Crippen molar-refractivity contribution in [3.05, 3.63) is 89.9 Å². The van der Waals surface area contributed by atoms with Crippen molar-refractivity contribution < 1.29 is 18.7 Å². The molecule has 168 valence electrons. The third kappa shape index (κ3) is 4.30. The Bertz CT molecular complexity index is 1220. The van der Waals surface area contributed by atoms with E-state index in [-0.39, 0.29) is 17.0 Å². The second-order valence-electron chi connectivity index (χ2n) is 7.67. The van der Waals surface area contributed by atoms with Crippen molar-refractivity contribution in [1.29, 1.82) is 0 Å². The SMILES string of the molecule is CCOc1ccc(C2=C(Nc3ccc(N(C)C)cc3)C(=O)N(c3ccccc3F)C2=O)cc1. The number of benzene rings is 3. The Kier molecular flexibility index (Phi) is 6.13. The molecule has 0 unspecified atom stereocenters. The van der Waals surface area contributed by atoms with Crippen LogP contribution in [0.5, 0.6) is 5.75 Å². The fraction of sp³-hybridized carbons (Fsp3) is 0.154. The molecule has 6 nitrogen and oxygen atoms in total. The monoisotopic (exact) mass is 445 g/mol. The molecule has 1 aliphatic rings. The molecule has 1 N–H and O–H groups in total. The van der Waals surface area contributed by atoms with Gasteiger partial charge in [0.05, 0.1) is 17.9 Å². The molecule has 0 fully saturated rings. The molecule has 0 saturated carbocycles. The summed E-state index contributed by atoms with van der Waals surface area (Å²) in [6.07, 6.45) is 0. The fourth-order valence-electron chi connectivity index (χ4n) is 3.64. The van der Waals surface area contributed by atoms with Crippen LogP contribution in [0.15, 0.2) is 78.5 Å². The highest BCUT2D eigenvalue weighted by Gasteiger charge is 2.41. The third-order valence-electron chi connectivity index (χ3n) is 5.28. The number of nitrogens with zero attached hydrogens (tertiary/aromatic N) is 2. The number of ether oxygens (including phenoxy) is 1. The lowest BCUT2D eigenvalue weighted by Gasteiger charge is -2.16. The first-order valence-electron chi connectivity index (χ1n) is 10.6. The van der Waals surface area contributed by atoms with Gasteiger partial charge in [0.25, 0.3) is 11.8 Å². The zero-order chi connectivity index (χ0) is 23.5. The van der Waals surface area contributed by atoms with Crippen LogP contribution >= 0.6 is 0 Å². The maximum absolute atomic E-state index is 14.5. The van der Waals surface area contributed by atoms with Crippen LogP contribution in [0.3, 0.4) is 0 Å². The number of halogens is 1. The van der Waals surface area contributed by atoms with Gasteiger partial charge in [-0.3, -0.25) is 9.59 Å². The topological polar surface area (TPSA) is 61.9 Å². The number of nitrogens with one attached hydrogen (secondary N) is 1. The summed E-state index contributed by atoms with van der Waals surface area (Å²) in [5.41, 5.74) is 2.32. The van der Waals surface area contributed by atoms with Gasteiger partial charge in [-0.25, -0.2) is 9.29 Å². The summed E-state index contributed by atoms with van der Waals surface area (Å²) < 4.78 is 20.0. The summed E-state index contributed by atoms with van der Waals surface area (Å²) in [6, 6.07) is 20.1. The maximum Gasteiger partial charge on any atom is 0.282 e. The molecule has 0 aliphatic carbocycles.